The van der Waals surface area contributed by atoms with Gasteiger partial charge < -0.3 is 10.1 Å². The molecule has 108 valence electrons. The van der Waals surface area contributed by atoms with Gasteiger partial charge in [-0.1, -0.05) is 12.1 Å². The number of nitrogens with one attached hydrogen (secondary N) is 1. The number of ether oxygens (including phenoxy) is 1. The summed E-state index contributed by atoms with van der Waals surface area (Å²) in [7, 11) is 1.87. The van der Waals surface area contributed by atoms with Gasteiger partial charge in [0.15, 0.2) is 5.82 Å². The van der Waals surface area contributed by atoms with Crippen molar-refractivity contribution in [3.8, 4) is 5.75 Å². The van der Waals surface area contributed by atoms with Gasteiger partial charge in [-0.15, -0.1) is 0 Å². The Kier molecular flexibility index (Phi) is 4.74. The van der Waals surface area contributed by atoms with Gasteiger partial charge in [-0.2, -0.15) is 5.10 Å². The first-order valence-corrected chi connectivity index (χ1v) is 6.89. The van der Waals surface area contributed by atoms with E-state index in [1.54, 1.807) is 11.0 Å². The second-order valence-electron chi connectivity index (χ2n) is 5.17. The predicted octanol–water partition coefficient (Wildman–Crippen LogP) is 2.45. The lowest BCUT2D eigenvalue weighted by Crippen LogP contribution is -2.19. The Morgan fingerprint density at radius 1 is 1.20 bits per heavy atom. The van der Waals surface area contributed by atoms with Crippen molar-refractivity contribution in [2.75, 3.05) is 0 Å². The van der Waals surface area contributed by atoms with Crippen LogP contribution in [0.1, 0.15) is 38.2 Å². The van der Waals surface area contributed by atoms with E-state index in [1.807, 2.05) is 33.0 Å². The van der Waals surface area contributed by atoms with E-state index in [2.05, 4.69) is 34.5 Å². The number of hydrogen-bond donors (Lipinski definition) is 1. The molecule has 0 aliphatic rings. The molecule has 1 atom stereocenters. The summed E-state index contributed by atoms with van der Waals surface area (Å²) in [4.78, 5) is 4.20. The monoisotopic (exact) mass is 274 g/mol. The third-order valence-electron chi connectivity index (χ3n) is 2.97. The van der Waals surface area contributed by atoms with Crippen LogP contribution < -0.4 is 10.1 Å². The van der Waals surface area contributed by atoms with Crippen LogP contribution in [-0.4, -0.2) is 20.9 Å². The van der Waals surface area contributed by atoms with Crippen LogP contribution in [0.15, 0.2) is 30.6 Å². The van der Waals surface area contributed by atoms with E-state index < -0.39 is 0 Å². The lowest BCUT2D eigenvalue weighted by Gasteiger charge is -2.15. The molecule has 20 heavy (non-hydrogen) atoms. The first-order valence-electron chi connectivity index (χ1n) is 6.89. The minimum atomic E-state index is 0.201. The Hall–Kier alpha value is -1.88. The number of nitrogens with zero attached hydrogens (tertiary/aromatic N) is 3. The normalized spacial score (nSPS) is 12.7. The van der Waals surface area contributed by atoms with E-state index in [4.69, 9.17) is 4.74 Å². The van der Waals surface area contributed by atoms with Crippen LogP contribution in [0.4, 0.5) is 0 Å². The van der Waals surface area contributed by atoms with Crippen LogP contribution >= 0.6 is 0 Å². The Labute approximate surface area is 120 Å². The average molecular weight is 274 g/mol. The fourth-order valence-electron chi connectivity index (χ4n) is 1.93. The molecule has 1 unspecified atom stereocenters. The van der Waals surface area contributed by atoms with Gasteiger partial charge in [-0.25, -0.2) is 4.98 Å². The third kappa shape index (κ3) is 4.06. The lowest BCUT2D eigenvalue weighted by atomic mass is 10.1. The molecule has 1 aromatic heterocycles. The molecule has 2 aromatic rings. The number of rotatable bonds is 6. The standard InChI is InChI=1S/C15H22N4O/c1-11(2)20-14-7-5-13(6-8-14)12(3)16-9-15-17-10-19(4)18-15/h5-8,10-12,16H,9H2,1-4H3. The molecule has 0 aliphatic carbocycles. The lowest BCUT2D eigenvalue weighted by molar-refractivity contribution is 0.242. The fourth-order valence-corrected chi connectivity index (χ4v) is 1.93. The summed E-state index contributed by atoms with van der Waals surface area (Å²) in [6.45, 7) is 6.84. The first-order chi connectivity index (χ1) is 9.54. The molecule has 1 aromatic carbocycles. The zero-order valence-corrected chi connectivity index (χ0v) is 12.5. The van der Waals surface area contributed by atoms with Crippen LogP contribution in [0.5, 0.6) is 5.75 Å². The van der Waals surface area contributed by atoms with Crippen molar-refractivity contribution in [1.29, 1.82) is 0 Å². The van der Waals surface area contributed by atoms with E-state index in [0.29, 0.717) is 6.54 Å². The number of aryl methyl sites for hydroxylation is 1. The van der Waals surface area contributed by atoms with Gasteiger partial charge in [0.25, 0.3) is 0 Å². The molecule has 0 spiro atoms. The van der Waals surface area contributed by atoms with Crippen molar-refractivity contribution in [2.45, 2.75) is 39.5 Å². The Morgan fingerprint density at radius 3 is 2.45 bits per heavy atom. The SMILES string of the molecule is CC(C)Oc1ccc(C(C)NCc2ncn(C)n2)cc1. The minimum Gasteiger partial charge on any atom is -0.491 e. The highest BCUT2D eigenvalue weighted by Crippen LogP contribution is 2.18. The summed E-state index contributed by atoms with van der Waals surface area (Å²) in [5.41, 5.74) is 1.22. The van der Waals surface area contributed by atoms with Crippen LogP contribution in [0, 0.1) is 0 Å². The number of hydrogen-bond acceptors (Lipinski definition) is 4. The average Bonchev–Trinajstić information content (AvgIpc) is 2.82. The van der Waals surface area contributed by atoms with Gasteiger partial charge in [-0.05, 0) is 38.5 Å². The predicted molar refractivity (Wildman–Crippen MR) is 78.5 cm³/mol. The molecule has 0 bridgehead atoms. The smallest absolute Gasteiger partial charge is 0.164 e. The van der Waals surface area contributed by atoms with Crippen molar-refractivity contribution < 1.29 is 4.74 Å². The summed E-state index contributed by atoms with van der Waals surface area (Å²) in [5.74, 6) is 1.71. The van der Waals surface area contributed by atoms with Gasteiger partial charge in [-0.3, -0.25) is 4.68 Å². The van der Waals surface area contributed by atoms with Gasteiger partial charge >= 0.3 is 0 Å². The second kappa shape index (κ2) is 6.52. The molecule has 1 N–H and O–H groups in total. The summed E-state index contributed by atoms with van der Waals surface area (Å²) in [5, 5.41) is 7.66. The van der Waals surface area contributed by atoms with Gasteiger partial charge in [0.2, 0.25) is 0 Å². The summed E-state index contributed by atoms with van der Waals surface area (Å²) in [6, 6.07) is 8.42. The second-order valence-corrected chi connectivity index (χ2v) is 5.17. The van der Waals surface area contributed by atoms with Gasteiger partial charge in [0, 0.05) is 13.1 Å². The molecule has 0 saturated heterocycles. The zero-order chi connectivity index (χ0) is 14.5. The van der Waals surface area contributed by atoms with Gasteiger partial charge in [0.1, 0.15) is 12.1 Å². The van der Waals surface area contributed by atoms with Crippen molar-refractivity contribution in [3.63, 3.8) is 0 Å². The highest BCUT2D eigenvalue weighted by atomic mass is 16.5. The summed E-state index contributed by atoms with van der Waals surface area (Å²) < 4.78 is 7.35. The zero-order valence-electron chi connectivity index (χ0n) is 12.5. The quantitative estimate of drug-likeness (QED) is 0.879. The molecule has 1 heterocycles. The third-order valence-corrected chi connectivity index (χ3v) is 2.97. The van der Waals surface area contributed by atoms with Crippen LogP contribution in [0.3, 0.4) is 0 Å². The highest BCUT2D eigenvalue weighted by Gasteiger charge is 2.07. The summed E-state index contributed by atoms with van der Waals surface area (Å²) >= 11 is 0. The molecule has 5 nitrogen and oxygen atoms in total. The number of benzene rings is 1. The topological polar surface area (TPSA) is 52.0 Å². The molecular formula is C15H22N4O. The molecule has 0 aliphatic heterocycles. The largest absolute Gasteiger partial charge is 0.491 e. The molecule has 0 amide bonds. The highest BCUT2D eigenvalue weighted by molar-refractivity contribution is 5.29. The maximum atomic E-state index is 5.64. The van der Waals surface area contributed by atoms with E-state index in [9.17, 15) is 0 Å². The van der Waals surface area contributed by atoms with Crippen molar-refractivity contribution in [2.24, 2.45) is 7.05 Å². The van der Waals surface area contributed by atoms with E-state index >= 15 is 0 Å². The molecule has 0 saturated carbocycles. The van der Waals surface area contributed by atoms with E-state index in [0.717, 1.165) is 11.6 Å². The van der Waals surface area contributed by atoms with Crippen molar-refractivity contribution in [3.05, 3.63) is 42.0 Å². The Bertz CT molecular complexity index is 533. The number of aromatic nitrogens is 3. The van der Waals surface area contributed by atoms with Gasteiger partial charge in [0.05, 0.1) is 12.6 Å². The summed E-state index contributed by atoms with van der Waals surface area (Å²) in [6.07, 6.45) is 1.91. The minimum absolute atomic E-state index is 0.201. The Balaban J connectivity index is 1.90. The van der Waals surface area contributed by atoms with Crippen LogP contribution in [0.2, 0.25) is 0 Å². The first kappa shape index (κ1) is 14.5. The Morgan fingerprint density at radius 2 is 1.90 bits per heavy atom. The maximum Gasteiger partial charge on any atom is 0.164 e. The maximum absolute atomic E-state index is 5.64. The van der Waals surface area contributed by atoms with Crippen LogP contribution in [0.25, 0.3) is 0 Å². The molecular weight excluding hydrogens is 252 g/mol. The van der Waals surface area contributed by atoms with Crippen molar-refractivity contribution in [1.82, 2.24) is 20.1 Å². The molecule has 2 rings (SSSR count). The van der Waals surface area contributed by atoms with E-state index in [1.165, 1.54) is 5.56 Å². The molecule has 5 heteroatoms. The fraction of sp³-hybridized carbons (Fsp3) is 0.467. The van der Waals surface area contributed by atoms with E-state index in [-0.39, 0.29) is 12.1 Å². The molecule has 0 fully saturated rings. The molecule has 0 radical (unpaired) electrons. The van der Waals surface area contributed by atoms with Crippen molar-refractivity contribution >= 4 is 0 Å². The van der Waals surface area contributed by atoms with Crippen LogP contribution in [-0.2, 0) is 13.6 Å².